The standard InChI is InChI=1S/C27H46N7O18P3S/c1-16(35)6-5-10-56(47)11-9-29-18(36)7-8-30-25(39)22(38)26(2,3)13-49-55(45,46)52-54(43,44)48-12-17-20(51-53(40,41)42)21(37)27(4,50-17)34-15-33-19-23(28)31-14-32-24(19)34/h14-15,17,20-22,37-38H,5-13H2,1-4H3,(H,29,36)(H,30,39)(H,43,44)(H,45,46)(H2,28,31,32)(H2,40,41,42)/p-4. The van der Waals surface area contributed by atoms with Crippen molar-refractivity contribution < 1.29 is 84.7 Å². The van der Waals surface area contributed by atoms with Crippen LogP contribution in [0.5, 0.6) is 0 Å². The number of nitrogens with zero attached hydrogens (tertiary/aromatic N) is 4. The van der Waals surface area contributed by atoms with E-state index in [0.717, 1.165) is 17.2 Å². The number of imidazole rings is 1. The molecule has 3 heterocycles. The lowest BCUT2D eigenvalue weighted by molar-refractivity contribution is -0.347. The predicted molar refractivity (Wildman–Crippen MR) is 183 cm³/mol. The average Bonchev–Trinajstić information content (AvgIpc) is 3.62. The molecule has 1 aliphatic heterocycles. The number of nitrogen functional groups attached to an aromatic ring is 1. The van der Waals surface area contributed by atoms with Crippen molar-refractivity contribution in [2.75, 3.05) is 43.5 Å². The molecule has 0 saturated carbocycles. The number of nitrogens with two attached hydrogens (primary N) is 1. The Morgan fingerprint density at radius 1 is 1.07 bits per heavy atom. The molecule has 8 atom stereocenters. The number of nitrogens with one attached hydrogen (secondary N) is 2. The molecule has 318 valence electrons. The maximum Gasteiger partial charge on any atom is 0.274 e. The van der Waals surface area contributed by atoms with Crippen molar-refractivity contribution in [1.82, 2.24) is 30.2 Å². The smallest absolute Gasteiger partial charge is 0.274 e. The maximum atomic E-state index is 12.6. The molecule has 25 nitrogen and oxygen atoms in total. The van der Waals surface area contributed by atoms with Gasteiger partial charge in [-0.3, -0.25) is 27.5 Å². The van der Waals surface area contributed by atoms with Gasteiger partial charge in [-0.25, -0.2) is 19.3 Å². The second-order valence-electron chi connectivity index (χ2n) is 13.2. The number of ketones is 1. The number of anilines is 1. The fraction of sp³-hybridized carbons (Fsp3) is 0.704. The van der Waals surface area contributed by atoms with Crippen LogP contribution in [0.25, 0.3) is 11.2 Å². The summed E-state index contributed by atoms with van der Waals surface area (Å²) in [6.07, 6.45) is -5.40. The summed E-state index contributed by atoms with van der Waals surface area (Å²) in [4.78, 5) is 95.3. The molecule has 1 saturated heterocycles. The monoisotopic (exact) mass is 877 g/mol. The van der Waals surface area contributed by atoms with Gasteiger partial charge in [0, 0.05) is 53.7 Å². The number of hydrogen-bond acceptors (Lipinski definition) is 22. The summed E-state index contributed by atoms with van der Waals surface area (Å²) in [7, 11) is -18.9. The van der Waals surface area contributed by atoms with Gasteiger partial charge in [-0.1, -0.05) is 13.8 Å². The van der Waals surface area contributed by atoms with Crippen LogP contribution in [-0.4, -0.2) is 114 Å². The number of aliphatic hydroxyl groups is 2. The van der Waals surface area contributed by atoms with Gasteiger partial charge in [0.1, 0.15) is 42.0 Å². The van der Waals surface area contributed by atoms with E-state index in [2.05, 4.69) is 43.5 Å². The van der Waals surface area contributed by atoms with E-state index in [-0.39, 0.29) is 48.0 Å². The number of aromatic nitrogens is 4. The number of fused-ring (bicyclic) bond motifs is 1. The molecule has 2 aromatic heterocycles. The first-order valence-corrected chi connectivity index (χ1v) is 22.3. The number of amides is 2. The summed E-state index contributed by atoms with van der Waals surface area (Å²) in [5.74, 6) is -1.19. The Balaban J connectivity index is 1.52. The van der Waals surface area contributed by atoms with E-state index in [1.165, 1.54) is 27.7 Å². The van der Waals surface area contributed by atoms with Crippen molar-refractivity contribution in [3.8, 4) is 0 Å². The number of aliphatic hydroxyl groups excluding tert-OH is 2. The minimum absolute atomic E-state index is 0.0200. The van der Waals surface area contributed by atoms with E-state index in [1.807, 2.05) is 0 Å². The molecule has 29 heteroatoms. The molecular formula is C27H42N7O18P3S-4. The van der Waals surface area contributed by atoms with Crippen LogP contribution in [0.2, 0.25) is 0 Å². The molecule has 3 rings (SSSR count). The van der Waals surface area contributed by atoms with E-state index in [0.29, 0.717) is 18.6 Å². The second-order valence-corrected chi connectivity index (χ2v) is 19.0. The third-order valence-corrected chi connectivity index (χ3v) is 12.5. The lowest BCUT2D eigenvalue weighted by atomic mass is 9.87. The zero-order valence-electron chi connectivity index (χ0n) is 30.4. The van der Waals surface area contributed by atoms with Gasteiger partial charge in [0.05, 0.1) is 27.4 Å². The third-order valence-electron chi connectivity index (χ3n) is 8.09. The SMILES string of the molecule is CC(=O)CCCS(=O)CCNC(=O)CCNC(=O)C(O)C(C)(C)COP(=O)([O-])OP(=O)([O-])OCC1OC(C)(n2cnc3c(N)ncnc32)C(O)C1OP(=O)([O-])[O-]. The Hall–Kier alpha value is -2.64. The first kappa shape index (κ1) is 47.7. The first-order valence-electron chi connectivity index (χ1n) is 16.5. The lowest BCUT2D eigenvalue weighted by Gasteiger charge is -2.36. The van der Waals surface area contributed by atoms with Crippen molar-refractivity contribution in [2.24, 2.45) is 5.41 Å². The van der Waals surface area contributed by atoms with Crippen LogP contribution in [0.3, 0.4) is 0 Å². The number of ether oxygens (including phenoxy) is 1. The summed E-state index contributed by atoms with van der Waals surface area (Å²) in [5, 5.41) is 26.3. The van der Waals surface area contributed by atoms with Gasteiger partial charge in [0.25, 0.3) is 15.6 Å². The Morgan fingerprint density at radius 2 is 1.73 bits per heavy atom. The highest BCUT2D eigenvalue weighted by Gasteiger charge is 2.55. The maximum absolute atomic E-state index is 12.6. The van der Waals surface area contributed by atoms with Gasteiger partial charge in [-0.2, -0.15) is 0 Å². The number of carbonyl (C=O) groups is 3. The summed E-state index contributed by atoms with van der Waals surface area (Å²) >= 11 is 0. The fourth-order valence-corrected chi connectivity index (χ4v) is 8.84. The van der Waals surface area contributed by atoms with Gasteiger partial charge in [-0.15, -0.1) is 0 Å². The summed E-state index contributed by atoms with van der Waals surface area (Å²) < 4.78 is 72.9. The Morgan fingerprint density at radius 3 is 2.38 bits per heavy atom. The van der Waals surface area contributed by atoms with Crippen LogP contribution in [-0.2, 0) is 67.2 Å². The second kappa shape index (κ2) is 19.4. The minimum atomic E-state index is -5.94. The van der Waals surface area contributed by atoms with Crippen LogP contribution < -0.4 is 35.9 Å². The van der Waals surface area contributed by atoms with Gasteiger partial charge < -0.3 is 73.8 Å². The third kappa shape index (κ3) is 13.7. The van der Waals surface area contributed by atoms with Crippen LogP contribution in [0.4, 0.5) is 5.82 Å². The molecule has 6 N–H and O–H groups in total. The molecule has 0 radical (unpaired) electrons. The van der Waals surface area contributed by atoms with E-state index in [9.17, 15) is 62.1 Å². The number of rotatable bonds is 23. The quantitative estimate of drug-likeness (QED) is 0.0668. The Labute approximate surface area is 321 Å². The number of Topliss-reactive ketones (excluding diaryl/α,β-unsaturated/α-hetero) is 1. The van der Waals surface area contributed by atoms with Crippen LogP contribution in [0.1, 0.15) is 47.0 Å². The van der Waals surface area contributed by atoms with E-state index < -0.39 is 94.9 Å². The highest BCUT2D eigenvalue weighted by molar-refractivity contribution is 7.85. The summed E-state index contributed by atoms with van der Waals surface area (Å²) in [6.45, 7) is 2.49. The molecule has 8 unspecified atom stereocenters. The summed E-state index contributed by atoms with van der Waals surface area (Å²) in [5.41, 5.74) is 1.99. The van der Waals surface area contributed by atoms with Crippen molar-refractivity contribution in [3.05, 3.63) is 12.7 Å². The van der Waals surface area contributed by atoms with Gasteiger partial charge in [0.2, 0.25) is 11.8 Å². The van der Waals surface area contributed by atoms with E-state index in [1.54, 1.807) is 0 Å². The summed E-state index contributed by atoms with van der Waals surface area (Å²) in [6, 6.07) is 0. The first-order chi connectivity index (χ1) is 25.8. The fourth-order valence-electron chi connectivity index (χ4n) is 5.12. The molecule has 2 aromatic rings. The minimum Gasteiger partial charge on any atom is -0.790 e. The molecule has 0 spiro atoms. The number of phosphoric acid groups is 3. The van der Waals surface area contributed by atoms with Crippen LogP contribution in [0, 0.1) is 5.41 Å². The van der Waals surface area contributed by atoms with Crippen molar-refractivity contribution in [3.63, 3.8) is 0 Å². The van der Waals surface area contributed by atoms with Gasteiger partial charge >= 0.3 is 0 Å². The molecule has 1 aliphatic rings. The normalized spacial score (nSPS) is 23.6. The molecule has 56 heavy (non-hydrogen) atoms. The highest BCUT2D eigenvalue weighted by atomic mass is 32.2. The van der Waals surface area contributed by atoms with Crippen molar-refractivity contribution >= 4 is 68.8 Å². The van der Waals surface area contributed by atoms with Crippen molar-refractivity contribution in [1.29, 1.82) is 0 Å². The van der Waals surface area contributed by atoms with E-state index in [4.69, 9.17) is 10.5 Å². The molecular weight excluding hydrogens is 835 g/mol. The van der Waals surface area contributed by atoms with Crippen LogP contribution in [0.15, 0.2) is 12.7 Å². The van der Waals surface area contributed by atoms with Gasteiger partial charge in [-0.05, 0) is 20.3 Å². The number of hydrogen-bond donors (Lipinski definition) is 5. The van der Waals surface area contributed by atoms with Crippen LogP contribution >= 0.6 is 23.5 Å². The largest absolute Gasteiger partial charge is 0.790 e. The Bertz CT molecular complexity index is 1900. The zero-order chi connectivity index (χ0) is 42.3. The number of phosphoric ester groups is 3. The van der Waals surface area contributed by atoms with E-state index >= 15 is 0 Å². The molecule has 0 aliphatic carbocycles. The lowest BCUT2D eigenvalue weighted by Crippen LogP contribution is -2.46. The Kier molecular flexibility index (Phi) is 16.5. The van der Waals surface area contributed by atoms with Gasteiger partial charge in [0.15, 0.2) is 17.2 Å². The molecule has 0 bridgehead atoms. The average molecular weight is 878 g/mol. The predicted octanol–water partition coefficient (Wildman–Crippen LogP) is -3.83. The zero-order valence-corrected chi connectivity index (χ0v) is 33.9. The molecule has 0 aromatic carbocycles. The number of carbonyl (C=O) groups excluding carboxylic acids is 3. The molecule has 2 amide bonds. The topological polar surface area (TPSA) is 392 Å². The highest BCUT2D eigenvalue weighted by Crippen LogP contribution is 2.56. The van der Waals surface area contributed by atoms with Crippen molar-refractivity contribution in [2.45, 2.75) is 77.1 Å². The molecule has 1 fully saturated rings.